The van der Waals surface area contributed by atoms with Gasteiger partial charge in [-0.05, 0) is 42.2 Å². The Hall–Kier alpha value is -3.67. The first-order valence-electron chi connectivity index (χ1n) is 9.97. The van der Waals surface area contributed by atoms with Crippen molar-refractivity contribution < 1.29 is 4.74 Å². The van der Waals surface area contributed by atoms with Gasteiger partial charge in [-0.25, -0.2) is 5.10 Å². The highest BCUT2D eigenvalue weighted by molar-refractivity contribution is 6.32. The molecule has 9 heteroatoms. The van der Waals surface area contributed by atoms with E-state index < -0.39 is 0 Å². The van der Waals surface area contributed by atoms with Gasteiger partial charge in [0, 0.05) is 36.8 Å². The summed E-state index contributed by atoms with van der Waals surface area (Å²) < 4.78 is 5.40. The van der Waals surface area contributed by atoms with Crippen molar-refractivity contribution in [2.75, 3.05) is 14.2 Å². The lowest BCUT2D eigenvalue weighted by atomic mass is 9.92. The number of nitrogens with zero attached hydrogens (tertiary/aromatic N) is 4. The topological polar surface area (TPSA) is 120 Å². The van der Waals surface area contributed by atoms with Crippen LogP contribution in [0.3, 0.4) is 0 Å². The van der Waals surface area contributed by atoms with Crippen LogP contribution in [-0.2, 0) is 6.54 Å². The molecule has 0 atom stereocenters. The van der Waals surface area contributed by atoms with Crippen molar-refractivity contribution in [3.05, 3.63) is 68.1 Å². The van der Waals surface area contributed by atoms with Crippen LogP contribution in [0, 0.1) is 11.3 Å². The van der Waals surface area contributed by atoms with Crippen molar-refractivity contribution >= 4 is 39.9 Å². The number of nitrogens with two attached hydrogens (primary N) is 1. The molecule has 162 valence electrons. The molecule has 0 radical (unpaired) electrons. The molecular formula is C23H21ClN6O2. The van der Waals surface area contributed by atoms with E-state index in [0.717, 1.165) is 16.8 Å². The molecule has 32 heavy (non-hydrogen) atoms. The Balaban J connectivity index is 2.05. The molecule has 3 N–H and O–H groups in total. The van der Waals surface area contributed by atoms with E-state index in [1.807, 2.05) is 25.4 Å². The number of fused-ring (bicyclic) bond motifs is 1. The molecular weight excluding hydrogens is 428 g/mol. The summed E-state index contributed by atoms with van der Waals surface area (Å²) in [5.74, 6) is 0.539. The van der Waals surface area contributed by atoms with E-state index in [1.165, 1.54) is 0 Å². The van der Waals surface area contributed by atoms with Gasteiger partial charge in [-0.1, -0.05) is 17.7 Å². The van der Waals surface area contributed by atoms with E-state index in [1.54, 1.807) is 30.3 Å². The van der Waals surface area contributed by atoms with Gasteiger partial charge in [0.05, 0.1) is 34.5 Å². The molecule has 4 rings (SSSR count). The van der Waals surface area contributed by atoms with Crippen LogP contribution in [0.5, 0.6) is 5.75 Å². The number of aromatic amines is 1. The number of hydrazone groups is 1. The molecule has 0 spiro atoms. The fourth-order valence-corrected chi connectivity index (χ4v) is 4.19. The number of nitriles is 1. The van der Waals surface area contributed by atoms with E-state index >= 15 is 0 Å². The zero-order chi connectivity index (χ0) is 22.8. The fourth-order valence-electron chi connectivity index (χ4n) is 3.94. The molecule has 8 nitrogen and oxygen atoms in total. The normalized spacial score (nSPS) is 13.9. The minimum Gasteiger partial charge on any atom is -0.497 e. The maximum atomic E-state index is 12.3. The largest absolute Gasteiger partial charge is 0.497 e. The summed E-state index contributed by atoms with van der Waals surface area (Å²) in [6.07, 6.45) is 3.21. The Morgan fingerprint density at radius 1 is 1.31 bits per heavy atom. The maximum Gasteiger partial charge on any atom is 0.272 e. The Morgan fingerprint density at radius 3 is 2.84 bits per heavy atom. The molecule has 0 saturated carbocycles. The fraction of sp³-hybridized carbons (Fsp3) is 0.217. The predicted octanol–water partition coefficient (Wildman–Crippen LogP) is 3.50. The van der Waals surface area contributed by atoms with E-state index in [0.29, 0.717) is 51.2 Å². The monoisotopic (exact) mass is 448 g/mol. The third-order valence-electron chi connectivity index (χ3n) is 5.46. The van der Waals surface area contributed by atoms with Gasteiger partial charge < -0.3 is 10.5 Å². The molecule has 1 aliphatic heterocycles. The first kappa shape index (κ1) is 21.6. The number of hydrogen-bond acceptors (Lipinski definition) is 7. The summed E-state index contributed by atoms with van der Waals surface area (Å²) >= 11 is 6.41. The number of aromatic nitrogens is 2. The zero-order valence-corrected chi connectivity index (χ0v) is 18.4. The van der Waals surface area contributed by atoms with Gasteiger partial charge in [0.2, 0.25) is 0 Å². The number of ether oxygens (including phenoxy) is 1. The first-order chi connectivity index (χ1) is 15.5. The molecule has 0 aliphatic carbocycles. The van der Waals surface area contributed by atoms with E-state index in [-0.39, 0.29) is 12.1 Å². The Kier molecular flexibility index (Phi) is 5.95. The summed E-state index contributed by atoms with van der Waals surface area (Å²) in [4.78, 5) is 12.3. The second kappa shape index (κ2) is 8.83. The van der Waals surface area contributed by atoms with Gasteiger partial charge in [0.1, 0.15) is 11.8 Å². The molecule has 3 aromatic rings. The summed E-state index contributed by atoms with van der Waals surface area (Å²) in [7, 11) is 3.37. The van der Waals surface area contributed by atoms with Crippen LogP contribution in [-0.4, -0.2) is 35.6 Å². The number of hydrogen-bond donors (Lipinski definition) is 2. The second-order valence-electron chi connectivity index (χ2n) is 7.29. The van der Waals surface area contributed by atoms with Gasteiger partial charge in [-0.15, -0.1) is 0 Å². The highest BCUT2D eigenvalue weighted by atomic mass is 35.5. The molecule has 0 bridgehead atoms. The molecule has 0 amide bonds. The number of methoxy groups -OCH3 is 1. The van der Waals surface area contributed by atoms with Crippen molar-refractivity contribution in [1.82, 2.24) is 15.2 Å². The number of nitrogens with one attached hydrogen (secondary N) is 1. The summed E-state index contributed by atoms with van der Waals surface area (Å²) in [5.41, 5.74) is 9.72. The van der Waals surface area contributed by atoms with Gasteiger partial charge in [0.15, 0.2) is 0 Å². The van der Waals surface area contributed by atoms with Gasteiger partial charge in [-0.2, -0.15) is 15.5 Å². The second-order valence-corrected chi connectivity index (χ2v) is 7.70. The van der Waals surface area contributed by atoms with Crippen molar-refractivity contribution in [3.63, 3.8) is 0 Å². The van der Waals surface area contributed by atoms with Crippen LogP contribution < -0.4 is 16.0 Å². The maximum absolute atomic E-state index is 12.3. The van der Waals surface area contributed by atoms with Crippen molar-refractivity contribution in [2.24, 2.45) is 10.8 Å². The minimum absolute atomic E-state index is 0.190. The lowest BCUT2D eigenvalue weighted by Gasteiger charge is -2.23. The van der Waals surface area contributed by atoms with Gasteiger partial charge >= 0.3 is 0 Å². The van der Waals surface area contributed by atoms with Crippen LogP contribution in [0.2, 0.25) is 5.02 Å². The van der Waals surface area contributed by atoms with Crippen LogP contribution in [0.4, 0.5) is 0 Å². The summed E-state index contributed by atoms with van der Waals surface area (Å²) in [5, 5.41) is 24.2. The number of halogens is 1. The summed E-state index contributed by atoms with van der Waals surface area (Å²) in [6.45, 7) is 0.190. The third-order valence-corrected chi connectivity index (χ3v) is 5.76. The standard InChI is InChI=1S/C23H21ClN6O2/c1-30-22(18-9-14(32-2)10-20(24)19(18)11-25)15(4-3-7-27-30)13-5-6-16-17(8-13)21(12-26)28-29-23(16)31/h5-10H,3-4,12,26H2,1-2H3,(H,29,31). The van der Waals surface area contributed by atoms with Gasteiger partial charge in [0.25, 0.3) is 5.56 Å². The van der Waals surface area contributed by atoms with Crippen LogP contribution in [0.1, 0.15) is 35.2 Å². The van der Waals surface area contributed by atoms with Crippen LogP contribution >= 0.6 is 11.6 Å². The number of H-pyrrole nitrogens is 1. The van der Waals surface area contributed by atoms with E-state index in [4.69, 9.17) is 22.1 Å². The average Bonchev–Trinajstić information content (AvgIpc) is 2.99. The predicted molar refractivity (Wildman–Crippen MR) is 125 cm³/mol. The smallest absolute Gasteiger partial charge is 0.272 e. The molecule has 0 saturated heterocycles. The lowest BCUT2D eigenvalue weighted by molar-refractivity contribution is 0.414. The Morgan fingerprint density at radius 2 is 2.12 bits per heavy atom. The Bertz CT molecular complexity index is 1370. The van der Waals surface area contributed by atoms with E-state index in [9.17, 15) is 10.1 Å². The first-order valence-corrected chi connectivity index (χ1v) is 10.3. The minimum atomic E-state index is -0.273. The number of rotatable bonds is 4. The number of benzene rings is 2. The quantitative estimate of drug-likeness (QED) is 0.630. The molecule has 0 unspecified atom stereocenters. The molecule has 1 aromatic heterocycles. The zero-order valence-electron chi connectivity index (χ0n) is 17.6. The van der Waals surface area contributed by atoms with Crippen molar-refractivity contribution in [2.45, 2.75) is 19.4 Å². The molecule has 0 fully saturated rings. The highest BCUT2D eigenvalue weighted by Crippen LogP contribution is 2.39. The highest BCUT2D eigenvalue weighted by Gasteiger charge is 2.23. The molecule has 1 aliphatic rings. The van der Waals surface area contributed by atoms with Crippen LogP contribution in [0.25, 0.3) is 22.0 Å². The van der Waals surface area contributed by atoms with Crippen molar-refractivity contribution in [1.29, 1.82) is 5.26 Å². The SMILES string of the molecule is COc1cc(Cl)c(C#N)c(C2=C(c3ccc4c(=O)[nH]nc(CN)c4c3)CCC=NN2C)c1. The van der Waals surface area contributed by atoms with Crippen molar-refractivity contribution in [3.8, 4) is 11.8 Å². The van der Waals surface area contributed by atoms with Crippen LogP contribution in [0.15, 0.2) is 40.2 Å². The average molecular weight is 449 g/mol. The van der Waals surface area contributed by atoms with Gasteiger partial charge in [-0.3, -0.25) is 9.80 Å². The number of allylic oxidation sites excluding steroid dienone is 1. The Labute approximate surface area is 189 Å². The molecule has 2 aromatic carbocycles. The lowest BCUT2D eigenvalue weighted by Crippen LogP contribution is -2.14. The summed E-state index contributed by atoms with van der Waals surface area (Å²) in [6, 6.07) is 11.2. The third kappa shape index (κ3) is 3.73. The van der Waals surface area contributed by atoms with E-state index in [2.05, 4.69) is 21.4 Å². The molecule has 2 heterocycles.